The molecule has 1 amide bonds. The molecule has 0 spiro atoms. The van der Waals surface area contributed by atoms with Gasteiger partial charge < -0.3 is 20.1 Å². The smallest absolute Gasteiger partial charge is 0.329 e. The number of piperazine rings is 1. The molecule has 2 N–H and O–H groups in total. The van der Waals surface area contributed by atoms with Gasteiger partial charge in [0.2, 0.25) is 17.7 Å². The number of para-hydroxylation sites is 1. The highest BCUT2D eigenvalue weighted by Gasteiger charge is 2.29. The van der Waals surface area contributed by atoms with Crippen molar-refractivity contribution >= 4 is 34.3 Å². The molecule has 2 aliphatic rings. The largest absolute Gasteiger partial charge is 0.361 e. The summed E-state index contributed by atoms with van der Waals surface area (Å²) in [6.45, 7) is 2.29. The number of H-pyrrole nitrogens is 1. The van der Waals surface area contributed by atoms with Crippen molar-refractivity contribution in [2.24, 2.45) is 0 Å². The lowest BCUT2D eigenvalue weighted by molar-refractivity contribution is -0.384. The van der Waals surface area contributed by atoms with Crippen LogP contribution in [0.15, 0.2) is 36.7 Å². The quantitative estimate of drug-likeness (QED) is 0.463. The molecule has 1 aliphatic carbocycles. The highest BCUT2D eigenvalue weighted by atomic mass is 16.6. The lowest BCUT2D eigenvalue weighted by atomic mass is 10.1. The van der Waals surface area contributed by atoms with Crippen LogP contribution in [0.4, 0.5) is 17.5 Å². The van der Waals surface area contributed by atoms with Crippen molar-refractivity contribution < 1.29 is 9.72 Å². The van der Waals surface area contributed by atoms with Crippen molar-refractivity contribution in [3.05, 3.63) is 52.3 Å². The molecule has 0 bridgehead atoms. The Hall–Kier alpha value is -3.69. The summed E-state index contributed by atoms with van der Waals surface area (Å²) in [5.41, 5.74) is 1.92. The van der Waals surface area contributed by atoms with Crippen LogP contribution in [-0.2, 0) is 11.2 Å². The number of benzene rings is 1. The lowest BCUT2D eigenvalue weighted by Gasteiger charge is -2.34. The first kappa shape index (κ1) is 19.3. The maximum Gasteiger partial charge on any atom is 0.329 e. The zero-order valence-corrected chi connectivity index (χ0v) is 17.0. The fraction of sp³-hybridized carbons (Fsp3) is 0.381. The maximum absolute atomic E-state index is 12.8. The van der Waals surface area contributed by atoms with Crippen LogP contribution in [0.2, 0.25) is 0 Å². The molecule has 1 aromatic carbocycles. The van der Waals surface area contributed by atoms with Crippen LogP contribution in [-0.4, -0.2) is 62.9 Å². The molecule has 160 valence electrons. The third-order valence-corrected chi connectivity index (χ3v) is 5.80. The van der Waals surface area contributed by atoms with Gasteiger partial charge in [0.05, 0.1) is 11.3 Å². The number of carbonyl (C=O) groups is 1. The fourth-order valence-corrected chi connectivity index (χ4v) is 3.89. The van der Waals surface area contributed by atoms with Gasteiger partial charge in [-0.25, -0.2) is 4.98 Å². The first-order chi connectivity index (χ1) is 15.1. The molecule has 1 saturated heterocycles. The van der Waals surface area contributed by atoms with Crippen molar-refractivity contribution in [1.29, 1.82) is 0 Å². The molecule has 2 fully saturated rings. The van der Waals surface area contributed by atoms with Gasteiger partial charge in [0.1, 0.15) is 6.20 Å². The minimum atomic E-state index is -0.462. The number of fused-ring (bicyclic) bond motifs is 1. The molecule has 0 unspecified atom stereocenters. The van der Waals surface area contributed by atoms with E-state index in [9.17, 15) is 14.9 Å². The maximum atomic E-state index is 12.8. The summed E-state index contributed by atoms with van der Waals surface area (Å²) < 4.78 is 0. The van der Waals surface area contributed by atoms with Crippen LogP contribution in [0.1, 0.15) is 18.4 Å². The summed E-state index contributed by atoms with van der Waals surface area (Å²) in [6.07, 6.45) is 5.51. The Morgan fingerprint density at radius 1 is 1.23 bits per heavy atom. The highest BCUT2D eigenvalue weighted by Crippen LogP contribution is 2.30. The standard InChI is InChI=1S/C21H23N7O3/c29-19(11-14-12-22-17-4-2-1-3-16(14)17)26-7-9-27(10-8-26)21-23-13-18(28(30)31)20(25-21)24-15-5-6-15/h1-4,12-13,15,22H,5-11H2,(H,23,24,25). The molecule has 2 aromatic heterocycles. The number of amides is 1. The summed E-state index contributed by atoms with van der Waals surface area (Å²) in [4.78, 5) is 39.3. The van der Waals surface area contributed by atoms with E-state index >= 15 is 0 Å². The van der Waals surface area contributed by atoms with E-state index < -0.39 is 4.92 Å². The number of rotatable bonds is 6. The average molecular weight is 421 g/mol. The van der Waals surface area contributed by atoms with Gasteiger partial charge in [0.25, 0.3) is 0 Å². The molecule has 10 nitrogen and oxygen atoms in total. The van der Waals surface area contributed by atoms with E-state index in [1.807, 2.05) is 40.3 Å². The number of hydrogen-bond donors (Lipinski definition) is 2. The van der Waals surface area contributed by atoms with Gasteiger partial charge in [0.15, 0.2) is 0 Å². The molecule has 10 heteroatoms. The van der Waals surface area contributed by atoms with Crippen molar-refractivity contribution in [1.82, 2.24) is 19.9 Å². The van der Waals surface area contributed by atoms with E-state index in [-0.39, 0.29) is 23.5 Å². The fourth-order valence-electron chi connectivity index (χ4n) is 3.89. The second-order valence-corrected chi connectivity index (χ2v) is 7.98. The zero-order chi connectivity index (χ0) is 21.4. The van der Waals surface area contributed by atoms with E-state index in [0.29, 0.717) is 38.5 Å². The third-order valence-electron chi connectivity index (χ3n) is 5.80. The predicted molar refractivity (Wildman–Crippen MR) is 116 cm³/mol. The Kier molecular flexibility index (Phi) is 4.89. The first-order valence-corrected chi connectivity index (χ1v) is 10.4. The Labute approximate surface area is 178 Å². The van der Waals surface area contributed by atoms with Crippen LogP contribution >= 0.6 is 0 Å². The molecule has 3 aromatic rings. The van der Waals surface area contributed by atoms with Crippen LogP contribution in [0.3, 0.4) is 0 Å². The van der Waals surface area contributed by atoms with E-state index in [0.717, 1.165) is 29.3 Å². The minimum absolute atomic E-state index is 0.0881. The molecule has 1 aliphatic heterocycles. The first-order valence-electron chi connectivity index (χ1n) is 10.4. The van der Waals surface area contributed by atoms with Gasteiger partial charge in [-0.05, 0) is 24.5 Å². The molecular formula is C21H23N7O3. The van der Waals surface area contributed by atoms with Gasteiger partial charge in [-0.2, -0.15) is 4.98 Å². The summed E-state index contributed by atoms with van der Waals surface area (Å²) in [5.74, 6) is 0.818. The second kappa shape index (κ2) is 7.86. The number of nitro groups is 1. The van der Waals surface area contributed by atoms with Crippen molar-refractivity contribution in [2.45, 2.75) is 25.3 Å². The van der Waals surface area contributed by atoms with Crippen molar-refractivity contribution in [3.63, 3.8) is 0 Å². The van der Waals surface area contributed by atoms with Crippen molar-refractivity contribution in [2.75, 3.05) is 36.4 Å². The number of nitrogens with zero attached hydrogens (tertiary/aromatic N) is 5. The summed E-state index contributed by atoms with van der Waals surface area (Å²) in [6, 6.07) is 8.21. The minimum Gasteiger partial charge on any atom is -0.361 e. The predicted octanol–water partition coefficient (Wildman–Crippen LogP) is 2.33. The molecule has 0 radical (unpaired) electrons. The Morgan fingerprint density at radius 3 is 2.74 bits per heavy atom. The topological polar surface area (TPSA) is 120 Å². The number of carbonyl (C=O) groups excluding carboxylic acids is 1. The van der Waals surface area contributed by atoms with Gasteiger partial charge >= 0.3 is 5.69 Å². The van der Waals surface area contributed by atoms with Gasteiger partial charge in [-0.15, -0.1) is 0 Å². The molecule has 31 heavy (non-hydrogen) atoms. The number of anilines is 2. The van der Waals surface area contributed by atoms with Crippen LogP contribution in [0.25, 0.3) is 10.9 Å². The number of hydrogen-bond acceptors (Lipinski definition) is 7. The number of aromatic amines is 1. The Bertz CT molecular complexity index is 1130. The second-order valence-electron chi connectivity index (χ2n) is 7.98. The number of nitrogens with one attached hydrogen (secondary N) is 2. The molecule has 1 saturated carbocycles. The Morgan fingerprint density at radius 2 is 2.00 bits per heavy atom. The summed E-state index contributed by atoms with van der Waals surface area (Å²) >= 11 is 0. The van der Waals surface area contributed by atoms with E-state index in [1.165, 1.54) is 6.20 Å². The number of aromatic nitrogens is 3. The highest BCUT2D eigenvalue weighted by molar-refractivity contribution is 5.89. The van der Waals surface area contributed by atoms with Crippen LogP contribution in [0.5, 0.6) is 0 Å². The summed E-state index contributed by atoms with van der Waals surface area (Å²) in [7, 11) is 0. The van der Waals surface area contributed by atoms with E-state index in [2.05, 4.69) is 20.3 Å². The van der Waals surface area contributed by atoms with Gasteiger partial charge in [-0.3, -0.25) is 14.9 Å². The van der Waals surface area contributed by atoms with E-state index in [1.54, 1.807) is 0 Å². The van der Waals surface area contributed by atoms with Crippen LogP contribution < -0.4 is 10.2 Å². The van der Waals surface area contributed by atoms with Crippen molar-refractivity contribution in [3.8, 4) is 0 Å². The third kappa shape index (κ3) is 4.00. The van der Waals surface area contributed by atoms with E-state index in [4.69, 9.17) is 0 Å². The van der Waals surface area contributed by atoms with Gasteiger partial charge in [-0.1, -0.05) is 18.2 Å². The molecule has 5 rings (SSSR count). The average Bonchev–Trinajstić information content (AvgIpc) is 3.52. The summed E-state index contributed by atoms with van der Waals surface area (Å²) in [5, 5.41) is 15.5. The lowest BCUT2D eigenvalue weighted by Crippen LogP contribution is -2.49. The molecular weight excluding hydrogens is 398 g/mol. The zero-order valence-electron chi connectivity index (χ0n) is 17.0. The molecule has 0 atom stereocenters. The van der Waals surface area contributed by atoms with Gasteiger partial charge in [0, 0.05) is 49.3 Å². The molecule has 3 heterocycles. The van der Waals surface area contributed by atoms with Crippen LogP contribution in [0, 0.1) is 10.1 Å². The monoisotopic (exact) mass is 421 g/mol. The Balaban J connectivity index is 1.23. The normalized spacial score (nSPS) is 16.5. The SMILES string of the molecule is O=C(Cc1c[nH]c2ccccc12)N1CCN(c2ncc([N+](=O)[O-])c(NC3CC3)n2)CC1.